The van der Waals surface area contributed by atoms with E-state index >= 15 is 0 Å². The van der Waals surface area contributed by atoms with Crippen LogP contribution in [0.15, 0.2) is 48.5 Å². The molecule has 0 aliphatic carbocycles. The number of carbonyl (C=O) groups is 2. The van der Waals surface area contributed by atoms with Crippen LogP contribution in [0.1, 0.15) is 25.0 Å². The van der Waals surface area contributed by atoms with E-state index in [0.717, 1.165) is 22.4 Å². The van der Waals surface area contributed by atoms with E-state index in [4.69, 9.17) is 0 Å². The van der Waals surface area contributed by atoms with E-state index in [1.165, 1.54) is 11.3 Å². The zero-order valence-electron chi connectivity index (χ0n) is 17.4. The molecule has 0 aliphatic heterocycles. The Labute approximate surface area is 179 Å². The minimum absolute atomic E-state index is 0.116. The maximum atomic E-state index is 12.8. The number of hydrogen-bond acceptors (Lipinski definition) is 5. The lowest BCUT2D eigenvalue weighted by molar-refractivity contribution is -0.118. The van der Waals surface area contributed by atoms with E-state index < -0.39 is 12.1 Å². The summed E-state index contributed by atoms with van der Waals surface area (Å²) >= 11 is 1.29. The van der Waals surface area contributed by atoms with Crippen LogP contribution in [0.4, 0.5) is 15.6 Å². The van der Waals surface area contributed by atoms with E-state index in [1.807, 2.05) is 76.2 Å². The van der Waals surface area contributed by atoms with Gasteiger partial charge in [-0.15, -0.1) is 10.2 Å². The van der Waals surface area contributed by atoms with Crippen molar-refractivity contribution in [1.29, 1.82) is 0 Å². The summed E-state index contributed by atoms with van der Waals surface area (Å²) < 4.78 is 0. The van der Waals surface area contributed by atoms with Crippen molar-refractivity contribution in [3.8, 4) is 10.6 Å². The molecule has 0 spiro atoms. The number of amides is 3. The molecule has 30 heavy (non-hydrogen) atoms. The minimum atomic E-state index is -0.724. The van der Waals surface area contributed by atoms with Crippen LogP contribution >= 0.6 is 11.3 Å². The number of anilines is 2. The van der Waals surface area contributed by atoms with Crippen molar-refractivity contribution >= 4 is 34.1 Å². The summed E-state index contributed by atoms with van der Waals surface area (Å²) in [6, 6.07) is 14.3. The zero-order chi connectivity index (χ0) is 21.7. The molecular weight excluding hydrogens is 398 g/mol. The molecule has 7 nitrogen and oxygen atoms in total. The molecule has 1 heterocycles. The van der Waals surface area contributed by atoms with Crippen molar-refractivity contribution < 1.29 is 9.59 Å². The average molecular weight is 424 g/mol. The van der Waals surface area contributed by atoms with Gasteiger partial charge in [0, 0.05) is 11.3 Å². The molecule has 0 saturated heterocycles. The molecule has 2 aromatic carbocycles. The lowest BCUT2D eigenvalue weighted by Gasteiger charge is -2.22. The van der Waals surface area contributed by atoms with Gasteiger partial charge >= 0.3 is 6.03 Å². The number of nitrogens with one attached hydrogen (secondary N) is 3. The maximum Gasteiger partial charge on any atom is 0.319 e. The maximum absolute atomic E-state index is 12.8. The second-order valence-electron chi connectivity index (χ2n) is 7.35. The molecule has 3 aromatic rings. The molecule has 0 aliphatic rings. The van der Waals surface area contributed by atoms with Crippen molar-refractivity contribution in [2.24, 2.45) is 5.92 Å². The first-order chi connectivity index (χ1) is 14.3. The third-order valence-electron chi connectivity index (χ3n) is 4.63. The fourth-order valence-corrected chi connectivity index (χ4v) is 3.74. The molecular formula is C22H25N5O2S. The van der Waals surface area contributed by atoms with Crippen LogP contribution in [0.2, 0.25) is 0 Å². The van der Waals surface area contributed by atoms with Gasteiger partial charge in [0.1, 0.15) is 11.0 Å². The molecule has 8 heteroatoms. The van der Waals surface area contributed by atoms with Gasteiger partial charge in [0.15, 0.2) is 0 Å². The second-order valence-corrected chi connectivity index (χ2v) is 8.33. The first kappa shape index (κ1) is 21.4. The molecule has 0 fully saturated rings. The molecule has 0 saturated carbocycles. The van der Waals surface area contributed by atoms with Crippen LogP contribution < -0.4 is 16.0 Å². The lowest BCUT2D eigenvalue weighted by Crippen LogP contribution is -2.48. The summed E-state index contributed by atoms with van der Waals surface area (Å²) in [5.41, 5.74) is 3.59. The minimum Gasteiger partial charge on any atom is -0.326 e. The van der Waals surface area contributed by atoms with Crippen molar-refractivity contribution in [2.45, 2.75) is 33.7 Å². The Morgan fingerprint density at radius 1 is 0.900 bits per heavy atom. The van der Waals surface area contributed by atoms with Crippen LogP contribution in [0.3, 0.4) is 0 Å². The molecule has 3 N–H and O–H groups in total. The van der Waals surface area contributed by atoms with Gasteiger partial charge in [0.05, 0.1) is 0 Å². The van der Waals surface area contributed by atoms with Gasteiger partial charge in [-0.25, -0.2) is 4.79 Å². The molecule has 3 amide bonds. The highest BCUT2D eigenvalue weighted by Crippen LogP contribution is 2.26. The van der Waals surface area contributed by atoms with Gasteiger partial charge in [-0.3, -0.25) is 10.1 Å². The predicted molar refractivity (Wildman–Crippen MR) is 121 cm³/mol. The monoisotopic (exact) mass is 423 g/mol. The van der Waals surface area contributed by atoms with E-state index in [-0.39, 0.29) is 11.8 Å². The number of hydrogen-bond donors (Lipinski definition) is 3. The summed E-state index contributed by atoms with van der Waals surface area (Å²) in [6.07, 6.45) is 0. The molecule has 1 unspecified atom stereocenters. The summed E-state index contributed by atoms with van der Waals surface area (Å²) in [6.45, 7) is 7.60. The van der Waals surface area contributed by atoms with Crippen LogP contribution in [-0.2, 0) is 4.79 Å². The molecule has 0 bridgehead atoms. The topological polar surface area (TPSA) is 96.0 Å². The highest BCUT2D eigenvalue weighted by atomic mass is 32.1. The zero-order valence-corrected chi connectivity index (χ0v) is 18.2. The molecule has 0 radical (unpaired) electrons. The van der Waals surface area contributed by atoms with E-state index in [9.17, 15) is 9.59 Å². The number of rotatable bonds is 6. The fraction of sp³-hybridized carbons (Fsp3) is 0.273. The van der Waals surface area contributed by atoms with Crippen LogP contribution in [0, 0.1) is 19.8 Å². The number of urea groups is 1. The second kappa shape index (κ2) is 9.49. The summed E-state index contributed by atoms with van der Waals surface area (Å²) in [5.74, 6) is -0.451. The highest BCUT2D eigenvalue weighted by molar-refractivity contribution is 7.18. The van der Waals surface area contributed by atoms with Gasteiger partial charge in [0.25, 0.3) is 0 Å². The summed E-state index contributed by atoms with van der Waals surface area (Å²) in [4.78, 5) is 25.4. The first-order valence-corrected chi connectivity index (χ1v) is 10.5. The molecule has 1 atom stereocenters. The quantitative estimate of drug-likeness (QED) is 0.540. The van der Waals surface area contributed by atoms with E-state index in [2.05, 4.69) is 26.1 Å². The predicted octanol–water partition coefficient (Wildman–Crippen LogP) is 4.61. The number of aromatic nitrogens is 2. The first-order valence-electron chi connectivity index (χ1n) is 9.68. The van der Waals surface area contributed by atoms with Crippen molar-refractivity contribution in [3.63, 3.8) is 0 Å². The van der Waals surface area contributed by atoms with Crippen LogP contribution in [-0.4, -0.2) is 28.2 Å². The fourth-order valence-electron chi connectivity index (χ4n) is 2.99. The average Bonchev–Trinajstić information content (AvgIpc) is 3.18. The van der Waals surface area contributed by atoms with Gasteiger partial charge in [-0.1, -0.05) is 73.7 Å². The van der Waals surface area contributed by atoms with Gasteiger partial charge in [-0.2, -0.15) is 0 Å². The smallest absolute Gasteiger partial charge is 0.319 e. The van der Waals surface area contributed by atoms with E-state index in [0.29, 0.717) is 10.1 Å². The standard InChI is InChI=1S/C22H25N5O2S/c1-13(2)17(23-21(29)24-18-14(3)9-8-10-15(18)4)19(28)25-22-27-26-20(30-22)16-11-6-5-7-12-16/h5-13,17H,1-4H3,(H2,23,24,29)(H,25,27,28). The Kier molecular flexibility index (Phi) is 6.79. The Morgan fingerprint density at radius 2 is 1.57 bits per heavy atom. The van der Waals surface area contributed by atoms with Gasteiger partial charge in [-0.05, 0) is 30.9 Å². The van der Waals surface area contributed by atoms with Crippen LogP contribution in [0.25, 0.3) is 10.6 Å². The molecule has 156 valence electrons. The number of carbonyl (C=O) groups excluding carboxylic acids is 2. The van der Waals surface area contributed by atoms with Gasteiger partial charge in [0.2, 0.25) is 11.0 Å². The van der Waals surface area contributed by atoms with Crippen molar-refractivity contribution in [3.05, 3.63) is 59.7 Å². The van der Waals surface area contributed by atoms with Gasteiger partial charge < -0.3 is 10.6 Å². The Hall–Kier alpha value is -3.26. The SMILES string of the molecule is Cc1cccc(C)c1NC(=O)NC(C(=O)Nc1nnc(-c2ccccc2)s1)C(C)C. The third kappa shape index (κ3) is 5.21. The Bertz CT molecular complexity index is 1010. The summed E-state index contributed by atoms with van der Waals surface area (Å²) in [5, 5.41) is 17.7. The number of benzene rings is 2. The van der Waals surface area contributed by atoms with Crippen molar-refractivity contribution in [1.82, 2.24) is 15.5 Å². The Balaban J connectivity index is 1.66. The number of para-hydroxylation sites is 1. The summed E-state index contributed by atoms with van der Waals surface area (Å²) in [7, 11) is 0. The highest BCUT2D eigenvalue weighted by Gasteiger charge is 2.25. The van der Waals surface area contributed by atoms with Crippen LogP contribution in [0.5, 0.6) is 0 Å². The van der Waals surface area contributed by atoms with Crippen molar-refractivity contribution in [2.75, 3.05) is 10.6 Å². The van der Waals surface area contributed by atoms with E-state index in [1.54, 1.807) is 0 Å². The third-order valence-corrected chi connectivity index (χ3v) is 5.52. The number of aryl methyl sites for hydroxylation is 2. The molecule has 3 rings (SSSR count). The normalized spacial score (nSPS) is 11.8. The largest absolute Gasteiger partial charge is 0.326 e. The molecule has 1 aromatic heterocycles. The number of nitrogens with zero attached hydrogens (tertiary/aromatic N) is 2. The Morgan fingerprint density at radius 3 is 2.20 bits per heavy atom. The lowest BCUT2D eigenvalue weighted by atomic mass is 10.0.